The lowest BCUT2D eigenvalue weighted by molar-refractivity contribution is -0.0282. The maximum absolute atomic E-state index is 9.09. The molecular weight excluding hydrogens is 180 g/mol. The van der Waals surface area contributed by atoms with Crippen molar-refractivity contribution in [1.29, 1.82) is 0 Å². The minimum atomic E-state index is -0.507. The molecule has 3 nitrogen and oxygen atoms in total. The van der Waals surface area contributed by atoms with E-state index in [1.165, 1.54) is 0 Å². The van der Waals surface area contributed by atoms with Gasteiger partial charge in [0.25, 0.3) is 0 Å². The largest absolute Gasteiger partial charge is 0.393 e. The van der Waals surface area contributed by atoms with Gasteiger partial charge in [-0.2, -0.15) is 0 Å². The summed E-state index contributed by atoms with van der Waals surface area (Å²) < 4.78 is 5.34. The Balaban J connectivity index is 2.54. The van der Waals surface area contributed by atoms with Crippen LogP contribution in [-0.2, 0) is 4.74 Å². The van der Waals surface area contributed by atoms with E-state index in [-0.39, 0.29) is 19.3 Å². The summed E-state index contributed by atoms with van der Waals surface area (Å²) in [4.78, 5) is 0. The highest BCUT2D eigenvalue weighted by molar-refractivity contribution is 5.17. The highest BCUT2D eigenvalue weighted by Crippen LogP contribution is 2.16. The first kappa shape index (κ1) is 11.2. The smallest absolute Gasteiger partial charge is 0.106 e. The van der Waals surface area contributed by atoms with Crippen molar-refractivity contribution < 1.29 is 14.9 Å². The fourth-order valence-electron chi connectivity index (χ4n) is 1.18. The van der Waals surface area contributed by atoms with Crippen molar-refractivity contribution in [2.45, 2.75) is 19.1 Å². The van der Waals surface area contributed by atoms with Crippen molar-refractivity contribution in [1.82, 2.24) is 0 Å². The number of aliphatic hydroxyl groups is 2. The number of rotatable bonds is 5. The van der Waals surface area contributed by atoms with Gasteiger partial charge in [-0.25, -0.2) is 0 Å². The molecule has 0 aliphatic rings. The standard InChI is InChI=1S/C11H16O3/c1-9(13)8-14-11(7-12)10-5-3-2-4-6-10/h2-6,9,11-13H,7-8H2,1H3. The lowest BCUT2D eigenvalue weighted by Crippen LogP contribution is -2.16. The first-order valence-corrected chi connectivity index (χ1v) is 4.69. The Morgan fingerprint density at radius 2 is 1.93 bits per heavy atom. The molecule has 3 heteroatoms. The van der Waals surface area contributed by atoms with Gasteiger partial charge in [0.2, 0.25) is 0 Å². The second kappa shape index (κ2) is 5.75. The Morgan fingerprint density at radius 3 is 2.43 bits per heavy atom. The molecule has 0 aliphatic carbocycles. The van der Waals surface area contributed by atoms with Gasteiger partial charge in [-0.15, -0.1) is 0 Å². The first-order valence-electron chi connectivity index (χ1n) is 4.69. The molecule has 2 N–H and O–H groups in total. The molecule has 0 fully saturated rings. The summed E-state index contributed by atoms with van der Waals surface area (Å²) in [6.07, 6.45) is -0.849. The molecule has 78 valence electrons. The van der Waals surface area contributed by atoms with E-state index in [2.05, 4.69) is 0 Å². The number of benzene rings is 1. The lowest BCUT2D eigenvalue weighted by Gasteiger charge is -2.16. The van der Waals surface area contributed by atoms with Gasteiger partial charge in [0.15, 0.2) is 0 Å². The quantitative estimate of drug-likeness (QED) is 0.742. The molecule has 0 aliphatic heterocycles. The molecule has 1 rings (SSSR count). The van der Waals surface area contributed by atoms with Crippen molar-refractivity contribution in [3.63, 3.8) is 0 Å². The molecular formula is C11H16O3. The van der Waals surface area contributed by atoms with Gasteiger partial charge in [0, 0.05) is 0 Å². The van der Waals surface area contributed by atoms with Gasteiger partial charge < -0.3 is 14.9 Å². The zero-order chi connectivity index (χ0) is 10.4. The Morgan fingerprint density at radius 1 is 1.29 bits per heavy atom. The minimum Gasteiger partial charge on any atom is -0.393 e. The van der Waals surface area contributed by atoms with Crippen LogP contribution in [0.25, 0.3) is 0 Å². The zero-order valence-corrected chi connectivity index (χ0v) is 8.26. The van der Waals surface area contributed by atoms with Gasteiger partial charge >= 0.3 is 0 Å². The zero-order valence-electron chi connectivity index (χ0n) is 8.26. The van der Waals surface area contributed by atoms with Crippen LogP contribution in [0.5, 0.6) is 0 Å². The van der Waals surface area contributed by atoms with Gasteiger partial charge in [-0.3, -0.25) is 0 Å². The van der Waals surface area contributed by atoms with Crippen molar-refractivity contribution in [2.24, 2.45) is 0 Å². The Labute approximate surface area is 84.0 Å². The van der Waals surface area contributed by atoms with Gasteiger partial charge in [0.1, 0.15) is 6.10 Å². The third-order valence-corrected chi connectivity index (χ3v) is 1.88. The third-order valence-electron chi connectivity index (χ3n) is 1.88. The second-order valence-corrected chi connectivity index (χ2v) is 3.26. The molecule has 1 aromatic rings. The van der Waals surface area contributed by atoms with Crippen molar-refractivity contribution in [3.05, 3.63) is 35.9 Å². The predicted molar refractivity (Wildman–Crippen MR) is 53.9 cm³/mol. The van der Waals surface area contributed by atoms with E-state index < -0.39 is 6.10 Å². The summed E-state index contributed by atoms with van der Waals surface area (Å²) in [5.41, 5.74) is 0.927. The van der Waals surface area contributed by atoms with E-state index in [0.717, 1.165) is 5.56 Å². The molecule has 14 heavy (non-hydrogen) atoms. The van der Waals surface area contributed by atoms with E-state index >= 15 is 0 Å². The summed E-state index contributed by atoms with van der Waals surface area (Å²) in [6.45, 7) is 1.82. The van der Waals surface area contributed by atoms with Crippen LogP contribution in [-0.4, -0.2) is 29.5 Å². The second-order valence-electron chi connectivity index (χ2n) is 3.26. The highest BCUT2D eigenvalue weighted by atomic mass is 16.5. The van der Waals surface area contributed by atoms with Crippen LogP contribution in [0.1, 0.15) is 18.6 Å². The normalized spacial score (nSPS) is 15.1. The highest BCUT2D eigenvalue weighted by Gasteiger charge is 2.10. The van der Waals surface area contributed by atoms with Gasteiger partial charge in [-0.05, 0) is 12.5 Å². The van der Waals surface area contributed by atoms with Crippen LogP contribution in [0.4, 0.5) is 0 Å². The third kappa shape index (κ3) is 3.46. The fraction of sp³-hybridized carbons (Fsp3) is 0.455. The predicted octanol–water partition coefficient (Wildman–Crippen LogP) is 1.12. The lowest BCUT2D eigenvalue weighted by atomic mass is 10.1. The molecule has 0 aromatic heterocycles. The molecule has 1 aromatic carbocycles. The summed E-state index contributed by atoms with van der Waals surface area (Å²) in [7, 11) is 0. The summed E-state index contributed by atoms with van der Waals surface area (Å²) in [5, 5.41) is 18.1. The number of ether oxygens (including phenoxy) is 1. The number of hydrogen-bond acceptors (Lipinski definition) is 3. The maximum Gasteiger partial charge on any atom is 0.106 e. The van der Waals surface area contributed by atoms with Crippen LogP contribution in [0, 0.1) is 0 Å². The average molecular weight is 196 g/mol. The van der Waals surface area contributed by atoms with E-state index in [4.69, 9.17) is 14.9 Å². The summed E-state index contributed by atoms with van der Waals surface area (Å²) in [6, 6.07) is 9.48. The molecule has 0 saturated carbocycles. The van der Waals surface area contributed by atoms with Crippen molar-refractivity contribution >= 4 is 0 Å². The Kier molecular flexibility index (Phi) is 4.59. The number of hydrogen-bond donors (Lipinski definition) is 2. The molecule has 2 atom stereocenters. The van der Waals surface area contributed by atoms with Gasteiger partial charge in [0.05, 0.1) is 19.3 Å². The molecule has 0 saturated heterocycles. The summed E-state index contributed by atoms with van der Waals surface area (Å²) >= 11 is 0. The molecule has 0 bridgehead atoms. The Bertz CT molecular complexity index is 246. The molecule has 0 spiro atoms. The first-order chi connectivity index (χ1) is 6.74. The summed E-state index contributed by atoms with van der Waals surface area (Å²) in [5.74, 6) is 0. The van der Waals surface area contributed by atoms with E-state index in [0.29, 0.717) is 0 Å². The number of aliphatic hydroxyl groups excluding tert-OH is 2. The average Bonchev–Trinajstić information content (AvgIpc) is 2.20. The molecule has 0 heterocycles. The van der Waals surface area contributed by atoms with Crippen LogP contribution in [0.2, 0.25) is 0 Å². The van der Waals surface area contributed by atoms with Crippen LogP contribution < -0.4 is 0 Å². The van der Waals surface area contributed by atoms with Crippen LogP contribution in [0.3, 0.4) is 0 Å². The maximum atomic E-state index is 9.09. The topological polar surface area (TPSA) is 49.7 Å². The van der Waals surface area contributed by atoms with Crippen molar-refractivity contribution in [2.75, 3.05) is 13.2 Å². The molecule has 2 unspecified atom stereocenters. The Hall–Kier alpha value is -0.900. The van der Waals surface area contributed by atoms with Crippen molar-refractivity contribution in [3.8, 4) is 0 Å². The van der Waals surface area contributed by atoms with Gasteiger partial charge in [-0.1, -0.05) is 30.3 Å². The fourth-order valence-corrected chi connectivity index (χ4v) is 1.18. The van der Waals surface area contributed by atoms with E-state index in [1.807, 2.05) is 30.3 Å². The molecule has 0 amide bonds. The van der Waals surface area contributed by atoms with Crippen LogP contribution >= 0.6 is 0 Å². The monoisotopic (exact) mass is 196 g/mol. The van der Waals surface area contributed by atoms with E-state index in [9.17, 15) is 0 Å². The van der Waals surface area contributed by atoms with Crippen LogP contribution in [0.15, 0.2) is 30.3 Å². The van der Waals surface area contributed by atoms with E-state index in [1.54, 1.807) is 6.92 Å². The molecule has 0 radical (unpaired) electrons. The SMILES string of the molecule is CC(O)COC(CO)c1ccccc1. The minimum absolute atomic E-state index is 0.0727.